The number of hydrogen-bond donors (Lipinski definition) is 1. The number of nitrogens with one attached hydrogen (secondary N) is 1. The zero-order valence-corrected chi connectivity index (χ0v) is 13.5. The minimum absolute atomic E-state index is 0.0755. The first-order valence-electron chi connectivity index (χ1n) is 7.54. The summed E-state index contributed by atoms with van der Waals surface area (Å²) in [5.74, 6) is -1.84. The van der Waals surface area contributed by atoms with Gasteiger partial charge in [0.2, 0.25) is 0 Å². The molecule has 1 atom stereocenters. The Morgan fingerprint density at radius 1 is 1.25 bits per heavy atom. The van der Waals surface area contributed by atoms with Crippen LogP contribution in [-0.4, -0.2) is 18.5 Å². The van der Waals surface area contributed by atoms with Crippen LogP contribution in [0.3, 0.4) is 0 Å². The average Bonchev–Trinajstić information content (AvgIpc) is 2.98. The van der Waals surface area contributed by atoms with Gasteiger partial charge in [0.1, 0.15) is 5.82 Å². The Kier molecular flexibility index (Phi) is 4.81. The zero-order chi connectivity index (χ0) is 17.1. The van der Waals surface area contributed by atoms with Crippen LogP contribution in [-0.2, 0) is 16.0 Å². The Labute approximate surface area is 143 Å². The largest absolute Gasteiger partial charge is 0.452 e. The van der Waals surface area contributed by atoms with Gasteiger partial charge in [-0.05, 0) is 42.2 Å². The van der Waals surface area contributed by atoms with Crippen molar-refractivity contribution in [2.24, 2.45) is 0 Å². The van der Waals surface area contributed by atoms with Gasteiger partial charge >= 0.3 is 5.97 Å². The van der Waals surface area contributed by atoms with Crippen molar-refractivity contribution in [1.82, 2.24) is 5.32 Å². The molecule has 0 saturated carbocycles. The standard InChI is InChI=1S/C18H15ClFNO3/c19-15-7-6-12(20)9-14(15)18(23)24-10-17(22)21-16-8-5-11-3-1-2-4-13(11)16/h1-4,6-7,9,16H,5,8,10H2,(H,21,22)/t16-/m1/s1. The van der Waals surface area contributed by atoms with Crippen molar-refractivity contribution < 1.29 is 18.7 Å². The van der Waals surface area contributed by atoms with Crippen LogP contribution in [0.5, 0.6) is 0 Å². The molecule has 0 bridgehead atoms. The summed E-state index contributed by atoms with van der Waals surface area (Å²) in [5.41, 5.74) is 2.20. The van der Waals surface area contributed by atoms with E-state index < -0.39 is 24.3 Å². The van der Waals surface area contributed by atoms with E-state index >= 15 is 0 Å². The number of hydrogen-bond acceptors (Lipinski definition) is 3. The van der Waals surface area contributed by atoms with Gasteiger partial charge in [-0.1, -0.05) is 35.9 Å². The van der Waals surface area contributed by atoms with Gasteiger partial charge in [-0.25, -0.2) is 9.18 Å². The molecule has 1 N–H and O–H groups in total. The van der Waals surface area contributed by atoms with Gasteiger partial charge in [-0.3, -0.25) is 4.79 Å². The van der Waals surface area contributed by atoms with E-state index in [1.165, 1.54) is 11.6 Å². The highest BCUT2D eigenvalue weighted by Gasteiger charge is 2.24. The summed E-state index contributed by atoms with van der Waals surface area (Å²) in [6.07, 6.45) is 1.72. The number of halogens is 2. The van der Waals surface area contributed by atoms with Crippen molar-refractivity contribution in [3.8, 4) is 0 Å². The molecule has 0 spiro atoms. The van der Waals surface area contributed by atoms with Gasteiger partial charge in [0.05, 0.1) is 16.6 Å². The van der Waals surface area contributed by atoms with Gasteiger partial charge in [0.25, 0.3) is 5.91 Å². The van der Waals surface area contributed by atoms with E-state index in [0.717, 1.165) is 30.5 Å². The molecule has 0 fully saturated rings. The van der Waals surface area contributed by atoms with Gasteiger partial charge < -0.3 is 10.1 Å². The number of amides is 1. The van der Waals surface area contributed by atoms with Gasteiger partial charge in [0.15, 0.2) is 6.61 Å². The lowest BCUT2D eigenvalue weighted by Gasteiger charge is -2.14. The number of fused-ring (bicyclic) bond motifs is 1. The highest BCUT2D eigenvalue weighted by molar-refractivity contribution is 6.33. The summed E-state index contributed by atoms with van der Waals surface area (Å²) < 4.78 is 18.1. The van der Waals surface area contributed by atoms with Crippen molar-refractivity contribution >= 4 is 23.5 Å². The number of esters is 1. The molecule has 2 aromatic carbocycles. The number of rotatable bonds is 4. The van der Waals surface area contributed by atoms with Crippen molar-refractivity contribution in [3.05, 3.63) is 70.0 Å². The maximum Gasteiger partial charge on any atom is 0.340 e. The molecule has 0 aromatic heterocycles. The predicted molar refractivity (Wildman–Crippen MR) is 87.3 cm³/mol. The van der Waals surface area contributed by atoms with Crippen LogP contribution >= 0.6 is 11.6 Å². The third kappa shape index (κ3) is 3.57. The fourth-order valence-corrected chi connectivity index (χ4v) is 3.00. The maximum atomic E-state index is 13.2. The summed E-state index contributed by atoms with van der Waals surface area (Å²) in [5, 5.41) is 2.92. The number of benzene rings is 2. The fraction of sp³-hybridized carbons (Fsp3) is 0.222. The summed E-state index contributed by atoms with van der Waals surface area (Å²) >= 11 is 5.83. The highest BCUT2D eigenvalue weighted by atomic mass is 35.5. The Balaban J connectivity index is 1.57. The van der Waals surface area contributed by atoms with Gasteiger partial charge in [0, 0.05) is 0 Å². The Morgan fingerprint density at radius 3 is 2.88 bits per heavy atom. The van der Waals surface area contributed by atoms with Crippen molar-refractivity contribution in [2.45, 2.75) is 18.9 Å². The summed E-state index contributed by atoms with van der Waals surface area (Å²) in [4.78, 5) is 23.9. The molecule has 124 valence electrons. The second kappa shape index (κ2) is 7.01. The minimum Gasteiger partial charge on any atom is -0.452 e. The molecule has 3 rings (SSSR count). The fourth-order valence-electron chi connectivity index (χ4n) is 2.81. The summed E-state index contributed by atoms with van der Waals surface area (Å²) in [6.45, 7) is -0.440. The topological polar surface area (TPSA) is 55.4 Å². The molecule has 1 amide bonds. The molecule has 0 aliphatic heterocycles. The number of ether oxygens (including phenoxy) is 1. The lowest BCUT2D eigenvalue weighted by atomic mass is 10.1. The molecule has 1 aliphatic carbocycles. The van der Waals surface area contributed by atoms with Crippen LogP contribution in [0.4, 0.5) is 4.39 Å². The van der Waals surface area contributed by atoms with Crippen LogP contribution in [0.2, 0.25) is 5.02 Å². The molecular formula is C18H15ClFNO3. The monoisotopic (exact) mass is 347 g/mol. The van der Waals surface area contributed by atoms with Crippen LogP contribution < -0.4 is 5.32 Å². The molecule has 0 heterocycles. The smallest absolute Gasteiger partial charge is 0.340 e. The Hall–Kier alpha value is -2.40. The number of aryl methyl sites for hydroxylation is 1. The first-order valence-corrected chi connectivity index (χ1v) is 7.92. The normalized spacial score (nSPS) is 15.7. The molecule has 0 unspecified atom stereocenters. The first-order chi connectivity index (χ1) is 11.5. The summed E-state index contributed by atoms with van der Waals surface area (Å²) in [6, 6.07) is 11.2. The molecule has 6 heteroatoms. The first kappa shape index (κ1) is 16.5. The molecule has 1 aliphatic rings. The third-order valence-electron chi connectivity index (χ3n) is 3.95. The number of carbonyl (C=O) groups is 2. The lowest BCUT2D eigenvalue weighted by molar-refractivity contribution is -0.125. The van der Waals surface area contributed by atoms with Crippen molar-refractivity contribution in [2.75, 3.05) is 6.61 Å². The maximum absolute atomic E-state index is 13.2. The van der Waals surface area contributed by atoms with E-state index in [1.807, 2.05) is 24.3 Å². The predicted octanol–water partition coefficient (Wildman–Crippen LogP) is 3.44. The van der Waals surface area contributed by atoms with E-state index in [2.05, 4.69) is 5.32 Å². The Morgan fingerprint density at radius 2 is 2.04 bits per heavy atom. The van der Waals surface area contributed by atoms with E-state index in [0.29, 0.717) is 0 Å². The molecule has 0 radical (unpaired) electrons. The minimum atomic E-state index is -0.832. The molecular weight excluding hydrogens is 333 g/mol. The van der Waals surface area contributed by atoms with Crippen LogP contribution in [0.25, 0.3) is 0 Å². The average molecular weight is 348 g/mol. The van der Waals surface area contributed by atoms with Crippen LogP contribution in [0.15, 0.2) is 42.5 Å². The van der Waals surface area contributed by atoms with E-state index in [-0.39, 0.29) is 16.6 Å². The zero-order valence-electron chi connectivity index (χ0n) is 12.7. The van der Waals surface area contributed by atoms with Crippen molar-refractivity contribution in [3.63, 3.8) is 0 Å². The quantitative estimate of drug-likeness (QED) is 0.862. The molecule has 2 aromatic rings. The SMILES string of the molecule is O=C(COC(=O)c1cc(F)ccc1Cl)N[C@@H]1CCc2ccccc21. The second-order valence-electron chi connectivity index (χ2n) is 5.56. The van der Waals surface area contributed by atoms with E-state index in [9.17, 15) is 14.0 Å². The van der Waals surface area contributed by atoms with Crippen LogP contribution in [0, 0.1) is 5.82 Å². The second-order valence-corrected chi connectivity index (χ2v) is 5.97. The molecule has 0 saturated heterocycles. The molecule has 4 nitrogen and oxygen atoms in total. The van der Waals surface area contributed by atoms with Crippen molar-refractivity contribution in [1.29, 1.82) is 0 Å². The lowest BCUT2D eigenvalue weighted by Crippen LogP contribution is -2.31. The summed E-state index contributed by atoms with van der Waals surface area (Å²) in [7, 11) is 0. The number of carbonyl (C=O) groups excluding carboxylic acids is 2. The van der Waals surface area contributed by atoms with E-state index in [4.69, 9.17) is 16.3 Å². The van der Waals surface area contributed by atoms with Gasteiger partial charge in [-0.15, -0.1) is 0 Å². The van der Waals surface area contributed by atoms with Gasteiger partial charge in [-0.2, -0.15) is 0 Å². The highest BCUT2D eigenvalue weighted by Crippen LogP contribution is 2.30. The van der Waals surface area contributed by atoms with Crippen LogP contribution in [0.1, 0.15) is 33.9 Å². The van der Waals surface area contributed by atoms with E-state index in [1.54, 1.807) is 0 Å². The molecule has 24 heavy (non-hydrogen) atoms. The Bertz CT molecular complexity index is 794. The third-order valence-corrected chi connectivity index (χ3v) is 4.28.